The number of nitrogens with zero attached hydrogens (tertiary/aromatic N) is 1. The number of hydrogen-bond acceptors (Lipinski definition) is 6. The molecule has 0 radical (unpaired) electrons. The zero-order valence-electron chi connectivity index (χ0n) is 20.5. The van der Waals surface area contributed by atoms with Crippen LogP contribution in [0.1, 0.15) is 23.6 Å². The van der Waals surface area contributed by atoms with Crippen molar-refractivity contribution in [3.05, 3.63) is 77.9 Å². The van der Waals surface area contributed by atoms with Crippen LogP contribution in [-0.2, 0) is 14.3 Å². The molecule has 4 rings (SSSR count). The molecule has 0 aromatic heterocycles. The molecular weight excluding hydrogens is 460 g/mol. The van der Waals surface area contributed by atoms with Gasteiger partial charge in [-0.3, -0.25) is 9.59 Å². The molecule has 8 nitrogen and oxygen atoms in total. The Morgan fingerprint density at radius 2 is 1.92 bits per heavy atom. The van der Waals surface area contributed by atoms with Gasteiger partial charge in [0.2, 0.25) is 5.78 Å². The van der Waals surface area contributed by atoms with Crippen LogP contribution >= 0.6 is 0 Å². The molecule has 1 amide bonds. The van der Waals surface area contributed by atoms with E-state index in [2.05, 4.69) is 6.58 Å². The molecule has 2 aliphatic heterocycles. The van der Waals surface area contributed by atoms with Gasteiger partial charge in [0, 0.05) is 18.5 Å². The van der Waals surface area contributed by atoms with Crippen LogP contribution in [0, 0.1) is 0 Å². The molecule has 2 heterocycles. The van der Waals surface area contributed by atoms with Gasteiger partial charge in [0.1, 0.15) is 31.2 Å². The van der Waals surface area contributed by atoms with E-state index in [-0.39, 0.29) is 5.57 Å². The minimum Gasteiger partial charge on any atom is -0.872 e. The molecule has 2 saturated heterocycles. The number of hydrogen-bond donors (Lipinski definition) is 1. The highest BCUT2D eigenvalue weighted by atomic mass is 16.5. The summed E-state index contributed by atoms with van der Waals surface area (Å²) in [6.45, 7) is 8.51. The lowest BCUT2D eigenvalue weighted by molar-refractivity contribution is -0.908. The summed E-state index contributed by atoms with van der Waals surface area (Å²) in [5.74, 6) is -0.681. The first-order valence-electron chi connectivity index (χ1n) is 12.2. The number of amides is 1. The third kappa shape index (κ3) is 5.61. The van der Waals surface area contributed by atoms with Crippen molar-refractivity contribution < 1.29 is 33.8 Å². The van der Waals surface area contributed by atoms with E-state index < -0.39 is 23.5 Å². The van der Waals surface area contributed by atoms with Crippen LogP contribution in [0.25, 0.3) is 5.76 Å². The quantitative estimate of drug-likeness (QED) is 0.228. The third-order valence-electron chi connectivity index (χ3n) is 6.55. The van der Waals surface area contributed by atoms with Crippen LogP contribution in [-0.4, -0.2) is 69.7 Å². The number of likely N-dealkylation sites (tertiary alicyclic amines) is 1. The number of carbonyl (C=O) groups is 2. The van der Waals surface area contributed by atoms with E-state index in [1.165, 1.54) is 9.80 Å². The summed E-state index contributed by atoms with van der Waals surface area (Å²) in [4.78, 5) is 29.3. The maximum atomic E-state index is 13.6. The van der Waals surface area contributed by atoms with Gasteiger partial charge in [-0.1, -0.05) is 42.7 Å². The van der Waals surface area contributed by atoms with Crippen LogP contribution in [0.2, 0.25) is 0 Å². The Morgan fingerprint density at radius 3 is 2.61 bits per heavy atom. The maximum Gasteiger partial charge on any atom is 0.295 e. The number of nitrogens with one attached hydrogen (secondary N) is 1. The summed E-state index contributed by atoms with van der Waals surface area (Å²) in [5, 5.41) is 13.6. The molecule has 0 aliphatic carbocycles. The zero-order valence-corrected chi connectivity index (χ0v) is 20.5. The van der Waals surface area contributed by atoms with E-state index in [1.807, 2.05) is 6.07 Å². The van der Waals surface area contributed by atoms with E-state index in [1.54, 1.807) is 55.7 Å². The Kier molecular flexibility index (Phi) is 8.40. The van der Waals surface area contributed by atoms with Crippen molar-refractivity contribution >= 4 is 17.4 Å². The van der Waals surface area contributed by atoms with Crippen LogP contribution < -0.4 is 19.5 Å². The molecular formula is C28H32N2O6. The van der Waals surface area contributed by atoms with Crippen molar-refractivity contribution in [2.24, 2.45) is 0 Å². The van der Waals surface area contributed by atoms with E-state index in [4.69, 9.17) is 14.2 Å². The van der Waals surface area contributed by atoms with Crippen molar-refractivity contribution in [3.8, 4) is 11.5 Å². The normalized spacial score (nSPS) is 19.9. The Labute approximate surface area is 211 Å². The summed E-state index contributed by atoms with van der Waals surface area (Å²) >= 11 is 0. The van der Waals surface area contributed by atoms with Crippen molar-refractivity contribution in [1.29, 1.82) is 0 Å². The van der Waals surface area contributed by atoms with Gasteiger partial charge in [0.15, 0.2) is 0 Å². The van der Waals surface area contributed by atoms with Gasteiger partial charge in [-0.2, -0.15) is 0 Å². The molecule has 2 fully saturated rings. The predicted octanol–water partition coefficient (Wildman–Crippen LogP) is 0.789. The molecule has 36 heavy (non-hydrogen) atoms. The minimum absolute atomic E-state index is 0.0354. The average Bonchev–Trinajstić information content (AvgIpc) is 3.17. The van der Waals surface area contributed by atoms with Gasteiger partial charge in [-0.05, 0) is 35.4 Å². The number of methoxy groups -OCH3 is 1. The first kappa shape index (κ1) is 25.5. The zero-order chi connectivity index (χ0) is 25.5. The van der Waals surface area contributed by atoms with E-state index in [0.29, 0.717) is 42.2 Å². The molecule has 2 aromatic carbocycles. The fraction of sp³-hybridized carbons (Fsp3) is 0.357. The number of ketones is 1. The standard InChI is InChI=1S/C28H32N2O6/c1-3-16-36-22-10-8-20(9-11-22)26(31)24-25(21-6-4-7-23(19-21)34-2)30(28(33)27(24)32)13-5-12-29-14-17-35-18-15-29/h3-4,6-11,19,25,31H,1,5,12-18H2,2H3/b26-24+. The summed E-state index contributed by atoms with van der Waals surface area (Å²) in [6, 6.07) is 13.0. The largest absolute Gasteiger partial charge is 0.872 e. The average molecular weight is 493 g/mol. The molecule has 0 bridgehead atoms. The Bertz CT molecular complexity index is 1120. The molecule has 1 unspecified atom stereocenters. The lowest BCUT2D eigenvalue weighted by Gasteiger charge is -2.29. The first-order valence-corrected chi connectivity index (χ1v) is 12.2. The van der Waals surface area contributed by atoms with Gasteiger partial charge >= 0.3 is 0 Å². The number of morpholine rings is 1. The predicted molar refractivity (Wildman–Crippen MR) is 133 cm³/mol. The third-order valence-corrected chi connectivity index (χ3v) is 6.55. The van der Waals surface area contributed by atoms with Crippen LogP contribution in [0.3, 0.4) is 0 Å². The summed E-state index contributed by atoms with van der Waals surface area (Å²) in [5.41, 5.74) is 0.956. The van der Waals surface area contributed by atoms with Gasteiger partial charge in [0.25, 0.3) is 5.91 Å². The summed E-state index contributed by atoms with van der Waals surface area (Å²) in [7, 11) is 1.55. The second kappa shape index (κ2) is 11.9. The molecule has 190 valence electrons. The summed E-state index contributed by atoms with van der Waals surface area (Å²) < 4.78 is 16.3. The number of rotatable bonds is 10. The molecule has 1 N–H and O–H groups in total. The second-order valence-corrected chi connectivity index (χ2v) is 8.84. The van der Waals surface area contributed by atoms with Crippen molar-refractivity contribution in [2.45, 2.75) is 12.5 Å². The van der Waals surface area contributed by atoms with Crippen LogP contribution in [0.15, 0.2) is 66.8 Å². The number of quaternary nitrogens is 1. The molecule has 2 aliphatic rings. The summed E-state index contributed by atoms with van der Waals surface area (Å²) in [6.07, 6.45) is 2.34. The minimum atomic E-state index is -0.774. The second-order valence-electron chi connectivity index (χ2n) is 8.84. The molecule has 0 saturated carbocycles. The van der Waals surface area contributed by atoms with Gasteiger partial charge in [0.05, 0.1) is 32.9 Å². The number of ether oxygens (including phenoxy) is 3. The van der Waals surface area contributed by atoms with E-state index in [0.717, 1.165) is 32.8 Å². The fourth-order valence-electron chi connectivity index (χ4n) is 4.68. The van der Waals surface area contributed by atoms with E-state index in [9.17, 15) is 14.7 Å². The number of Topliss-reactive ketones (excluding diaryl/α,β-unsaturated/α-hetero) is 1. The van der Waals surface area contributed by atoms with E-state index >= 15 is 0 Å². The Hall–Kier alpha value is -3.62. The number of benzene rings is 2. The number of carbonyl (C=O) groups excluding carboxylic acids is 2. The van der Waals surface area contributed by atoms with Crippen molar-refractivity contribution in [1.82, 2.24) is 4.90 Å². The molecule has 0 spiro atoms. The van der Waals surface area contributed by atoms with Crippen molar-refractivity contribution in [2.75, 3.05) is 53.1 Å². The van der Waals surface area contributed by atoms with Crippen LogP contribution in [0.4, 0.5) is 0 Å². The Balaban J connectivity index is 1.66. The lowest BCUT2D eigenvalue weighted by Crippen LogP contribution is -3.14. The smallest absolute Gasteiger partial charge is 0.295 e. The topological polar surface area (TPSA) is 92.6 Å². The van der Waals surface area contributed by atoms with Crippen molar-refractivity contribution in [3.63, 3.8) is 0 Å². The SMILES string of the molecule is C=CCOc1ccc(/C([O-])=C2\C(=O)C(=O)N(CCC[NH+]3CCOCC3)C2c2cccc(OC)c2)cc1. The van der Waals surface area contributed by atoms with Gasteiger partial charge in [-0.15, -0.1) is 0 Å². The monoisotopic (exact) mass is 492 g/mol. The molecule has 8 heteroatoms. The maximum absolute atomic E-state index is 13.6. The highest BCUT2D eigenvalue weighted by Gasteiger charge is 2.44. The molecule has 1 atom stereocenters. The first-order chi connectivity index (χ1) is 17.5. The highest BCUT2D eigenvalue weighted by molar-refractivity contribution is 6.46. The lowest BCUT2D eigenvalue weighted by atomic mass is 9.95. The van der Waals surface area contributed by atoms with Gasteiger partial charge in [-0.25, -0.2) is 0 Å². The fourth-order valence-corrected chi connectivity index (χ4v) is 4.68. The highest BCUT2D eigenvalue weighted by Crippen LogP contribution is 2.39. The van der Waals surface area contributed by atoms with Crippen LogP contribution in [0.5, 0.6) is 11.5 Å². The Morgan fingerprint density at radius 1 is 1.17 bits per heavy atom. The van der Waals surface area contributed by atoms with Gasteiger partial charge < -0.3 is 29.1 Å². The molecule has 2 aromatic rings.